The van der Waals surface area contributed by atoms with Crippen LogP contribution in [0.25, 0.3) is 0 Å². The largest absolute Gasteiger partial charge is 0.306 e. The highest BCUT2D eigenvalue weighted by atomic mass is 32.1. The Balaban J connectivity index is 1.30. The predicted molar refractivity (Wildman–Crippen MR) is 86.6 cm³/mol. The van der Waals surface area contributed by atoms with Gasteiger partial charge in [0.25, 0.3) is 0 Å². The summed E-state index contributed by atoms with van der Waals surface area (Å²) in [5.74, 6) is 0. The molecule has 0 atom stereocenters. The lowest BCUT2D eigenvalue weighted by molar-refractivity contribution is 0.461. The number of nitrogens with zero attached hydrogens (tertiary/aromatic N) is 2. The summed E-state index contributed by atoms with van der Waals surface area (Å²) in [6.07, 6.45) is 11.4. The molecule has 0 bridgehead atoms. The second-order valence-corrected chi connectivity index (χ2v) is 7.56. The topological polar surface area (TPSA) is 29.9 Å². The molecule has 2 aromatic heterocycles. The second-order valence-electron chi connectivity index (χ2n) is 6.34. The van der Waals surface area contributed by atoms with Crippen molar-refractivity contribution in [2.24, 2.45) is 0 Å². The summed E-state index contributed by atoms with van der Waals surface area (Å²) in [7, 11) is 0. The van der Waals surface area contributed by atoms with Crippen molar-refractivity contribution in [2.45, 2.75) is 64.1 Å². The maximum atomic E-state index is 4.73. The van der Waals surface area contributed by atoms with Crippen LogP contribution >= 0.6 is 11.3 Å². The zero-order valence-corrected chi connectivity index (χ0v) is 13.3. The lowest BCUT2D eigenvalue weighted by Crippen LogP contribution is -2.13. The minimum Gasteiger partial charge on any atom is -0.306 e. The summed E-state index contributed by atoms with van der Waals surface area (Å²) in [4.78, 5) is 3.10. The van der Waals surface area contributed by atoms with E-state index in [4.69, 9.17) is 5.10 Å². The number of hydrogen-bond acceptors (Lipinski definition) is 3. The quantitative estimate of drug-likeness (QED) is 0.909. The fourth-order valence-corrected chi connectivity index (χ4v) is 4.87. The molecule has 2 aliphatic carbocycles. The maximum Gasteiger partial charge on any atom is 0.0762 e. The van der Waals surface area contributed by atoms with E-state index in [1.54, 1.807) is 10.4 Å². The third kappa shape index (κ3) is 2.92. The third-order valence-corrected chi connectivity index (χ3v) is 6.00. The van der Waals surface area contributed by atoms with E-state index in [9.17, 15) is 0 Å². The van der Waals surface area contributed by atoms with Crippen LogP contribution in [0, 0.1) is 0 Å². The first-order valence-electron chi connectivity index (χ1n) is 8.24. The Morgan fingerprint density at radius 2 is 2.10 bits per heavy atom. The lowest BCUT2D eigenvalue weighted by Gasteiger charge is -2.08. The second kappa shape index (κ2) is 5.93. The lowest BCUT2D eigenvalue weighted by atomic mass is 10.2. The van der Waals surface area contributed by atoms with E-state index in [2.05, 4.69) is 28.3 Å². The fraction of sp³-hybridized carbons (Fsp3) is 0.588. The predicted octanol–water partition coefficient (Wildman–Crippen LogP) is 3.84. The van der Waals surface area contributed by atoms with Gasteiger partial charge in [-0.25, -0.2) is 0 Å². The van der Waals surface area contributed by atoms with Crippen molar-refractivity contribution in [3.63, 3.8) is 0 Å². The molecular formula is C17H23N3S. The highest BCUT2D eigenvalue weighted by Gasteiger charge is 2.17. The average Bonchev–Trinajstić information content (AvgIpc) is 3.23. The van der Waals surface area contributed by atoms with E-state index < -0.39 is 0 Å². The molecule has 0 spiro atoms. The van der Waals surface area contributed by atoms with E-state index in [1.165, 1.54) is 55.5 Å². The van der Waals surface area contributed by atoms with Crippen molar-refractivity contribution in [3.05, 3.63) is 39.3 Å². The first-order valence-corrected chi connectivity index (χ1v) is 9.05. The van der Waals surface area contributed by atoms with Gasteiger partial charge in [0.2, 0.25) is 0 Å². The molecule has 2 heterocycles. The van der Waals surface area contributed by atoms with Crippen LogP contribution < -0.4 is 5.32 Å². The maximum absolute atomic E-state index is 4.73. The number of rotatable bonds is 5. The summed E-state index contributed by atoms with van der Waals surface area (Å²) in [5, 5.41) is 8.28. The Labute approximate surface area is 130 Å². The molecule has 0 aromatic carbocycles. The van der Waals surface area contributed by atoms with Crippen LogP contribution in [-0.4, -0.2) is 9.78 Å². The first kappa shape index (κ1) is 13.5. The third-order valence-electron chi connectivity index (χ3n) is 4.77. The Bertz CT molecular complexity index is 586. The Morgan fingerprint density at radius 3 is 2.95 bits per heavy atom. The number of thiophene rings is 1. The van der Waals surface area contributed by atoms with Gasteiger partial charge in [-0.1, -0.05) is 12.8 Å². The molecule has 0 amide bonds. The molecule has 0 aliphatic heterocycles. The number of fused-ring (bicyclic) bond motifs is 1. The zero-order chi connectivity index (χ0) is 14.1. The molecule has 4 rings (SSSR count). The average molecular weight is 301 g/mol. The van der Waals surface area contributed by atoms with Gasteiger partial charge in [0.05, 0.1) is 11.7 Å². The number of nitrogens with one attached hydrogen (secondary N) is 1. The number of aromatic nitrogens is 2. The number of aryl methyl sites for hydroxylation is 2. The molecule has 1 saturated carbocycles. The Kier molecular flexibility index (Phi) is 3.82. The van der Waals surface area contributed by atoms with E-state index in [0.29, 0.717) is 6.04 Å². The Morgan fingerprint density at radius 1 is 1.19 bits per heavy atom. The smallest absolute Gasteiger partial charge is 0.0762 e. The van der Waals surface area contributed by atoms with E-state index in [-0.39, 0.29) is 0 Å². The summed E-state index contributed by atoms with van der Waals surface area (Å²) in [6.45, 7) is 1.86. The van der Waals surface area contributed by atoms with Crippen LogP contribution in [0.15, 0.2) is 18.3 Å². The van der Waals surface area contributed by atoms with Crippen LogP contribution in [0.3, 0.4) is 0 Å². The number of hydrogen-bond donors (Lipinski definition) is 1. The van der Waals surface area contributed by atoms with Gasteiger partial charge in [-0.2, -0.15) is 5.10 Å². The summed E-state index contributed by atoms with van der Waals surface area (Å²) in [6, 6.07) is 5.22. The molecule has 1 N–H and O–H groups in total. The molecule has 1 fully saturated rings. The van der Waals surface area contributed by atoms with Crippen molar-refractivity contribution in [1.29, 1.82) is 0 Å². The van der Waals surface area contributed by atoms with Gasteiger partial charge >= 0.3 is 0 Å². The van der Waals surface area contributed by atoms with E-state index in [0.717, 1.165) is 13.1 Å². The van der Waals surface area contributed by atoms with Gasteiger partial charge in [-0.05, 0) is 49.8 Å². The standard InChI is InChI=1S/C17H23N3S/c1-2-6-15(5-1)20-9-8-14(19-20)11-18-12-16-10-13-4-3-7-17(13)21-16/h8-10,15,18H,1-7,11-12H2. The van der Waals surface area contributed by atoms with E-state index in [1.807, 2.05) is 11.3 Å². The van der Waals surface area contributed by atoms with Crippen molar-refractivity contribution in [2.75, 3.05) is 0 Å². The Hall–Kier alpha value is -1.13. The van der Waals surface area contributed by atoms with Crippen LogP contribution in [-0.2, 0) is 25.9 Å². The molecule has 0 radical (unpaired) electrons. The molecule has 0 unspecified atom stereocenters. The van der Waals surface area contributed by atoms with Crippen molar-refractivity contribution in [3.8, 4) is 0 Å². The van der Waals surface area contributed by atoms with Crippen molar-refractivity contribution < 1.29 is 0 Å². The summed E-state index contributed by atoms with van der Waals surface area (Å²) in [5.41, 5.74) is 2.77. The molecule has 2 aromatic rings. The van der Waals surface area contributed by atoms with Gasteiger partial charge in [-0.15, -0.1) is 11.3 Å². The van der Waals surface area contributed by atoms with Crippen molar-refractivity contribution >= 4 is 11.3 Å². The molecule has 0 saturated heterocycles. The highest BCUT2D eigenvalue weighted by molar-refractivity contribution is 7.12. The zero-order valence-electron chi connectivity index (χ0n) is 12.5. The molecular weight excluding hydrogens is 278 g/mol. The minimum atomic E-state index is 0.652. The summed E-state index contributed by atoms with van der Waals surface area (Å²) < 4.78 is 2.18. The summed E-state index contributed by atoms with van der Waals surface area (Å²) >= 11 is 1.99. The first-order chi connectivity index (χ1) is 10.4. The van der Waals surface area contributed by atoms with Crippen LogP contribution in [0.5, 0.6) is 0 Å². The van der Waals surface area contributed by atoms with Gasteiger partial charge in [-0.3, -0.25) is 4.68 Å². The highest BCUT2D eigenvalue weighted by Crippen LogP contribution is 2.30. The van der Waals surface area contributed by atoms with Crippen LogP contribution in [0.4, 0.5) is 0 Å². The van der Waals surface area contributed by atoms with Gasteiger partial charge in [0.15, 0.2) is 0 Å². The van der Waals surface area contributed by atoms with Gasteiger partial charge in [0, 0.05) is 29.0 Å². The molecule has 112 valence electrons. The van der Waals surface area contributed by atoms with Gasteiger partial charge < -0.3 is 5.32 Å². The van der Waals surface area contributed by atoms with Gasteiger partial charge in [0.1, 0.15) is 0 Å². The molecule has 4 heteroatoms. The molecule has 21 heavy (non-hydrogen) atoms. The minimum absolute atomic E-state index is 0.652. The monoisotopic (exact) mass is 301 g/mol. The normalized spacial score (nSPS) is 18.5. The van der Waals surface area contributed by atoms with Crippen LogP contribution in [0.1, 0.15) is 59.2 Å². The molecule has 3 nitrogen and oxygen atoms in total. The van der Waals surface area contributed by atoms with Crippen LogP contribution in [0.2, 0.25) is 0 Å². The molecule has 2 aliphatic rings. The fourth-order valence-electron chi connectivity index (χ4n) is 3.64. The van der Waals surface area contributed by atoms with Crippen molar-refractivity contribution in [1.82, 2.24) is 15.1 Å². The SMILES string of the molecule is c1cn(C2CCCC2)nc1CNCc1cc2c(s1)CCC2. The van der Waals surface area contributed by atoms with E-state index >= 15 is 0 Å².